The Hall–Kier alpha value is -8.34. The van der Waals surface area contributed by atoms with E-state index in [1.54, 1.807) is 0 Å². The number of hydrogen-bond donors (Lipinski definition) is 0. The molecular weight excluding hydrogens is 803 g/mol. The average Bonchev–Trinajstić information content (AvgIpc) is 3.68. The van der Waals surface area contributed by atoms with E-state index in [2.05, 4.69) is 200 Å². The standard InChI is InChI=1S/C62H40N3O/c1-2-16-41-34-54-43(32-40(41)15-1)27-30-50(58-49-20-8-5-14-39(49)26-31-51(54)58)45-35-55(59-53-21-9-10-23-56(53)66-57(59)36-45)62-64-60(63-61(65-62)52-22-11-17-37-12-3-7-19-47(37)52)44-28-29-48-42(33-44)25-24-38-13-4-6-18-46(38)48/h1-26,28-29,31-36,50,61H,27,30H2/q-1. The third kappa shape index (κ3) is 5.85. The van der Waals surface area contributed by atoms with Crippen molar-refractivity contribution in [3.8, 4) is 11.1 Å². The highest BCUT2D eigenvalue weighted by atomic mass is 16.3. The van der Waals surface area contributed by atoms with E-state index in [9.17, 15) is 0 Å². The first-order valence-corrected chi connectivity index (χ1v) is 22.9. The monoisotopic (exact) mass is 842 g/mol. The van der Waals surface area contributed by atoms with E-state index in [0.29, 0.717) is 11.7 Å². The van der Waals surface area contributed by atoms with E-state index in [1.807, 2.05) is 6.07 Å². The molecule has 2 atom stereocenters. The quantitative estimate of drug-likeness (QED) is 0.163. The Morgan fingerprint density at radius 3 is 1.95 bits per heavy atom. The zero-order valence-corrected chi connectivity index (χ0v) is 35.9. The van der Waals surface area contributed by atoms with Crippen LogP contribution in [-0.2, 0) is 6.42 Å². The van der Waals surface area contributed by atoms with Crippen LogP contribution in [0.2, 0.25) is 0 Å². The van der Waals surface area contributed by atoms with Crippen molar-refractivity contribution in [1.29, 1.82) is 0 Å². The van der Waals surface area contributed by atoms with Crippen molar-refractivity contribution in [2.45, 2.75) is 24.9 Å². The third-order valence-corrected chi connectivity index (χ3v) is 14.2. The molecule has 0 N–H and O–H groups in total. The second-order valence-electron chi connectivity index (χ2n) is 17.9. The molecule has 0 bridgehead atoms. The normalized spacial score (nSPS) is 16.1. The van der Waals surface area contributed by atoms with Gasteiger partial charge in [-0.1, -0.05) is 182 Å². The van der Waals surface area contributed by atoms with Gasteiger partial charge in [0, 0.05) is 22.3 Å². The van der Waals surface area contributed by atoms with Crippen LogP contribution in [0.3, 0.4) is 0 Å². The van der Waals surface area contributed by atoms with Gasteiger partial charge in [-0.3, -0.25) is 4.99 Å². The molecule has 0 saturated heterocycles. The molecule has 2 unspecified atom stereocenters. The van der Waals surface area contributed by atoms with E-state index < -0.39 is 6.17 Å². The summed E-state index contributed by atoms with van der Waals surface area (Å²) in [5, 5.41) is 19.6. The lowest BCUT2D eigenvalue weighted by Crippen LogP contribution is -2.17. The Morgan fingerprint density at radius 1 is 0.455 bits per heavy atom. The molecule has 1 aliphatic heterocycles. The van der Waals surface area contributed by atoms with Crippen LogP contribution in [0.15, 0.2) is 221 Å². The predicted octanol–water partition coefficient (Wildman–Crippen LogP) is 16.4. The van der Waals surface area contributed by atoms with Gasteiger partial charge in [0.15, 0.2) is 0 Å². The van der Waals surface area contributed by atoms with E-state index in [0.717, 1.165) is 67.6 Å². The maximum absolute atomic E-state index is 6.87. The average molecular weight is 843 g/mol. The molecular formula is C62H40N3O-. The van der Waals surface area contributed by atoms with Gasteiger partial charge in [0.05, 0.1) is 12.0 Å². The van der Waals surface area contributed by atoms with E-state index in [1.165, 1.54) is 65.5 Å². The lowest BCUT2D eigenvalue weighted by atomic mass is 9.81. The summed E-state index contributed by atoms with van der Waals surface area (Å²) < 4.78 is 6.87. The van der Waals surface area contributed by atoms with Crippen molar-refractivity contribution in [3.63, 3.8) is 0 Å². The summed E-state index contributed by atoms with van der Waals surface area (Å²) >= 11 is 0. The lowest BCUT2D eigenvalue weighted by molar-refractivity contribution is 0.665. The first-order chi connectivity index (χ1) is 32.7. The zero-order valence-electron chi connectivity index (χ0n) is 35.9. The number of aryl methyl sites for hydroxylation is 1. The Kier molecular flexibility index (Phi) is 8.20. The summed E-state index contributed by atoms with van der Waals surface area (Å²) in [6.07, 6.45) is 1.33. The Balaban J connectivity index is 1.01. The minimum Gasteiger partial charge on any atom is -0.456 e. The van der Waals surface area contributed by atoms with Crippen LogP contribution in [0.25, 0.3) is 92.2 Å². The Morgan fingerprint density at radius 2 is 1.11 bits per heavy atom. The van der Waals surface area contributed by atoms with Gasteiger partial charge in [-0.05, 0) is 136 Å². The molecule has 310 valence electrons. The maximum atomic E-state index is 6.87. The molecule has 1 aromatic heterocycles. The van der Waals surface area contributed by atoms with E-state index >= 15 is 0 Å². The number of aliphatic imine (C=N–C) groups is 2. The van der Waals surface area contributed by atoms with Crippen LogP contribution >= 0.6 is 0 Å². The minimum absolute atomic E-state index is 0.0551. The highest BCUT2D eigenvalue weighted by Crippen LogP contribution is 2.48. The van der Waals surface area contributed by atoms with E-state index in [4.69, 9.17) is 19.7 Å². The Bertz CT molecular complexity index is 4060. The molecule has 0 fully saturated rings. The molecule has 0 saturated carbocycles. The number of fused-ring (bicyclic) bond motifs is 13. The topological polar surface area (TPSA) is 52.0 Å². The maximum Gasteiger partial charge on any atom is 0.136 e. The number of benzene rings is 11. The fourth-order valence-corrected chi connectivity index (χ4v) is 11.1. The molecule has 0 radical (unpaired) electrons. The summed E-state index contributed by atoms with van der Waals surface area (Å²) in [6.45, 7) is 0. The Labute approximate surface area is 381 Å². The van der Waals surface area contributed by atoms with E-state index in [-0.39, 0.29) is 5.92 Å². The van der Waals surface area contributed by atoms with Crippen molar-refractivity contribution in [1.82, 2.24) is 0 Å². The van der Waals surface area contributed by atoms with Crippen LogP contribution in [0.1, 0.15) is 51.9 Å². The fourth-order valence-electron chi connectivity index (χ4n) is 11.1. The van der Waals surface area contributed by atoms with Crippen LogP contribution in [0.5, 0.6) is 0 Å². The number of amidine groups is 2. The first-order valence-electron chi connectivity index (χ1n) is 22.9. The van der Waals surface area contributed by atoms with Crippen molar-refractivity contribution in [2.24, 2.45) is 9.98 Å². The molecule has 0 spiro atoms. The van der Waals surface area contributed by atoms with Gasteiger partial charge in [0.1, 0.15) is 11.2 Å². The summed E-state index contributed by atoms with van der Waals surface area (Å²) in [5.74, 6) is 1.36. The first kappa shape index (κ1) is 37.1. The van der Waals surface area contributed by atoms with Crippen molar-refractivity contribution in [3.05, 3.63) is 245 Å². The molecule has 14 rings (SSSR count). The van der Waals surface area contributed by atoms with Gasteiger partial charge in [0.2, 0.25) is 0 Å². The molecule has 2 aliphatic rings. The highest BCUT2D eigenvalue weighted by molar-refractivity contribution is 6.25. The molecule has 11 aromatic carbocycles. The highest BCUT2D eigenvalue weighted by Gasteiger charge is 2.29. The van der Waals surface area contributed by atoms with Crippen LogP contribution < -0.4 is 0 Å². The second-order valence-corrected chi connectivity index (χ2v) is 17.9. The van der Waals surface area contributed by atoms with Gasteiger partial charge in [0.25, 0.3) is 0 Å². The number of rotatable bonds is 4. The summed E-state index contributed by atoms with van der Waals surface area (Å²) in [7, 11) is 0. The van der Waals surface area contributed by atoms with Gasteiger partial charge < -0.3 is 14.7 Å². The third-order valence-electron chi connectivity index (χ3n) is 14.2. The molecule has 0 amide bonds. The van der Waals surface area contributed by atoms with Gasteiger partial charge in [-0.2, -0.15) is 0 Å². The van der Waals surface area contributed by atoms with Crippen LogP contribution in [-0.4, -0.2) is 11.7 Å². The van der Waals surface area contributed by atoms with Crippen molar-refractivity contribution in [2.75, 3.05) is 0 Å². The minimum atomic E-state index is -0.533. The SMILES string of the molecule is c1ccc2cc3c(cc2c1)CCC(c1cc(C2=NC(c4cccc5ccccc45)[N-]C(c4ccc5c(ccc6ccccc65)c4)=N2)c2c(c1)oc1ccccc12)c1c-3ccc2ccccc12. The van der Waals surface area contributed by atoms with Gasteiger partial charge >= 0.3 is 0 Å². The summed E-state index contributed by atoms with van der Waals surface area (Å²) in [4.78, 5) is 11.1. The van der Waals surface area contributed by atoms with Crippen molar-refractivity contribution < 1.29 is 4.42 Å². The second kappa shape index (κ2) is 14.6. The van der Waals surface area contributed by atoms with Crippen LogP contribution in [0, 0.1) is 0 Å². The molecule has 66 heavy (non-hydrogen) atoms. The van der Waals surface area contributed by atoms with Crippen LogP contribution in [0.4, 0.5) is 0 Å². The molecule has 4 heteroatoms. The fraction of sp³-hybridized carbons (Fsp3) is 0.0645. The van der Waals surface area contributed by atoms with Gasteiger partial charge in [-0.15, -0.1) is 0 Å². The molecule has 12 aromatic rings. The summed E-state index contributed by atoms with van der Waals surface area (Å²) in [5.41, 5.74) is 11.1. The molecule has 4 nitrogen and oxygen atoms in total. The number of furan rings is 1. The lowest BCUT2D eigenvalue weighted by Gasteiger charge is -2.33. The largest absolute Gasteiger partial charge is 0.456 e. The number of para-hydroxylation sites is 1. The summed E-state index contributed by atoms with van der Waals surface area (Å²) in [6, 6.07) is 74.7. The number of hydrogen-bond acceptors (Lipinski definition) is 3. The molecule has 1 aliphatic carbocycles. The number of nitrogens with zero attached hydrogens (tertiary/aromatic N) is 3. The zero-order chi connectivity index (χ0) is 43.3. The molecule has 2 heterocycles. The predicted molar refractivity (Wildman–Crippen MR) is 275 cm³/mol. The van der Waals surface area contributed by atoms with Crippen molar-refractivity contribution >= 4 is 87.5 Å². The van der Waals surface area contributed by atoms with Gasteiger partial charge in [-0.25, -0.2) is 0 Å². The smallest absolute Gasteiger partial charge is 0.136 e.